The topological polar surface area (TPSA) is 92.1 Å². The Morgan fingerprint density at radius 3 is 2.79 bits per heavy atom. The molecular formula is C20H29N3O5. The molecule has 3 rings (SSSR count). The lowest BCUT2D eigenvalue weighted by atomic mass is 9.96. The van der Waals surface area contributed by atoms with E-state index in [1.165, 1.54) is 6.92 Å². The second-order valence-electron chi connectivity index (χ2n) is 7.76. The molecule has 2 aliphatic heterocycles. The monoisotopic (exact) mass is 391 g/mol. The molecule has 1 amide bonds. The van der Waals surface area contributed by atoms with E-state index in [4.69, 9.17) is 4.74 Å². The third-order valence-electron chi connectivity index (χ3n) is 5.78. The molecule has 8 nitrogen and oxygen atoms in total. The van der Waals surface area contributed by atoms with Crippen molar-refractivity contribution in [2.75, 3.05) is 39.9 Å². The SMILES string of the molecule is COCCCN1CCC(Cn2cc3c(c(C(=O)O)c2=O)CCN(C(C)=O)C3)C1. The Hall–Kier alpha value is -2.19. The summed E-state index contributed by atoms with van der Waals surface area (Å²) in [5.41, 5.74) is 0.795. The maximum atomic E-state index is 12.8. The van der Waals surface area contributed by atoms with Gasteiger partial charge in [-0.1, -0.05) is 0 Å². The van der Waals surface area contributed by atoms with E-state index in [1.807, 2.05) is 0 Å². The van der Waals surface area contributed by atoms with Crippen molar-refractivity contribution >= 4 is 11.9 Å². The van der Waals surface area contributed by atoms with E-state index in [1.54, 1.807) is 22.8 Å². The molecule has 0 saturated carbocycles. The Kier molecular flexibility index (Phi) is 6.51. The van der Waals surface area contributed by atoms with Crippen molar-refractivity contribution in [2.24, 2.45) is 5.92 Å². The predicted molar refractivity (Wildman–Crippen MR) is 103 cm³/mol. The second-order valence-corrected chi connectivity index (χ2v) is 7.76. The largest absolute Gasteiger partial charge is 0.477 e. The number of amides is 1. The highest BCUT2D eigenvalue weighted by Crippen LogP contribution is 2.23. The number of likely N-dealkylation sites (tertiary alicyclic amines) is 1. The van der Waals surface area contributed by atoms with Gasteiger partial charge in [0, 0.05) is 59.6 Å². The molecule has 154 valence electrons. The molecule has 1 N–H and O–H groups in total. The van der Waals surface area contributed by atoms with Crippen molar-refractivity contribution in [2.45, 2.75) is 39.3 Å². The highest BCUT2D eigenvalue weighted by molar-refractivity contribution is 5.89. The van der Waals surface area contributed by atoms with Gasteiger partial charge in [-0.15, -0.1) is 0 Å². The lowest BCUT2D eigenvalue weighted by Gasteiger charge is -2.29. The molecule has 1 saturated heterocycles. The van der Waals surface area contributed by atoms with Gasteiger partial charge in [0.2, 0.25) is 5.91 Å². The molecule has 3 heterocycles. The Balaban J connectivity index is 1.79. The van der Waals surface area contributed by atoms with E-state index in [0.29, 0.717) is 37.5 Å². The van der Waals surface area contributed by atoms with Crippen LogP contribution in [0.5, 0.6) is 0 Å². The first-order valence-corrected chi connectivity index (χ1v) is 9.86. The van der Waals surface area contributed by atoms with Crippen LogP contribution in [0.4, 0.5) is 0 Å². The van der Waals surface area contributed by atoms with Crippen LogP contribution in [-0.4, -0.2) is 71.2 Å². The number of aromatic carboxylic acids is 1. The van der Waals surface area contributed by atoms with Crippen molar-refractivity contribution in [1.82, 2.24) is 14.4 Å². The van der Waals surface area contributed by atoms with Gasteiger partial charge >= 0.3 is 5.97 Å². The maximum absolute atomic E-state index is 12.8. The number of pyridine rings is 1. The van der Waals surface area contributed by atoms with Crippen molar-refractivity contribution in [1.29, 1.82) is 0 Å². The molecule has 0 spiro atoms. The van der Waals surface area contributed by atoms with Crippen LogP contribution >= 0.6 is 0 Å². The number of hydrogen-bond acceptors (Lipinski definition) is 5. The van der Waals surface area contributed by atoms with Crippen LogP contribution in [0.2, 0.25) is 0 Å². The van der Waals surface area contributed by atoms with Crippen LogP contribution in [0.3, 0.4) is 0 Å². The Morgan fingerprint density at radius 2 is 2.11 bits per heavy atom. The van der Waals surface area contributed by atoms with Gasteiger partial charge < -0.3 is 24.2 Å². The highest BCUT2D eigenvalue weighted by Gasteiger charge is 2.28. The third-order valence-corrected chi connectivity index (χ3v) is 5.78. The van der Waals surface area contributed by atoms with Gasteiger partial charge in [0.1, 0.15) is 5.56 Å². The zero-order valence-corrected chi connectivity index (χ0v) is 16.6. The highest BCUT2D eigenvalue weighted by atomic mass is 16.5. The first-order valence-electron chi connectivity index (χ1n) is 9.86. The number of aromatic nitrogens is 1. The minimum Gasteiger partial charge on any atom is -0.477 e. The number of ether oxygens (including phenoxy) is 1. The Labute approximate surface area is 164 Å². The molecule has 1 fully saturated rings. The smallest absolute Gasteiger partial charge is 0.341 e. The average molecular weight is 391 g/mol. The van der Waals surface area contributed by atoms with Gasteiger partial charge in [0.15, 0.2) is 0 Å². The van der Waals surface area contributed by atoms with E-state index >= 15 is 0 Å². The van der Waals surface area contributed by atoms with E-state index in [0.717, 1.165) is 44.6 Å². The van der Waals surface area contributed by atoms with Gasteiger partial charge in [-0.2, -0.15) is 0 Å². The number of rotatable bonds is 7. The molecule has 1 aromatic heterocycles. The summed E-state index contributed by atoms with van der Waals surface area (Å²) >= 11 is 0. The number of hydrogen-bond donors (Lipinski definition) is 1. The molecule has 1 atom stereocenters. The summed E-state index contributed by atoms with van der Waals surface area (Å²) in [6, 6.07) is 0. The number of carboxylic acid groups (broad SMARTS) is 1. The molecule has 8 heteroatoms. The third kappa shape index (κ3) is 4.44. The van der Waals surface area contributed by atoms with E-state index < -0.39 is 11.5 Å². The molecular weight excluding hydrogens is 362 g/mol. The first kappa shape index (κ1) is 20.5. The van der Waals surface area contributed by atoms with Crippen LogP contribution in [-0.2, 0) is 29.0 Å². The fourth-order valence-electron chi connectivity index (χ4n) is 4.31. The van der Waals surface area contributed by atoms with Gasteiger partial charge in [0.25, 0.3) is 5.56 Å². The second kappa shape index (κ2) is 8.87. The van der Waals surface area contributed by atoms with Crippen LogP contribution in [0.15, 0.2) is 11.0 Å². The number of methoxy groups -OCH3 is 1. The molecule has 0 aliphatic carbocycles. The van der Waals surface area contributed by atoms with Crippen molar-refractivity contribution in [3.05, 3.63) is 33.2 Å². The Bertz CT molecular complexity index is 804. The van der Waals surface area contributed by atoms with Crippen molar-refractivity contribution in [3.63, 3.8) is 0 Å². The van der Waals surface area contributed by atoms with Gasteiger partial charge in [-0.05, 0) is 42.9 Å². The minimum atomic E-state index is -1.18. The normalized spacial score (nSPS) is 19.6. The summed E-state index contributed by atoms with van der Waals surface area (Å²) in [6.45, 7) is 6.41. The summed E-state index contributed by atoms with van der Waals surface area (Å²) in [5.74, 6) is -0.908. The summed E-state index contributed by atoms with van der Waals surface area (Å²) in [7, 11) is 1.70. The summed E-state index contributed by atoms with van der Waals surface area (Å²) < 4.78 is 6.65. The standard InChI is InChI=1S/C20H29N3O5/c1-14(24)22-8-5-17-16(12-22)13-23(19(25)18(17)20(26)27)11-15-4-7-21(10-15)6-3-9-28-2/h13,15H,3-12H2,1-2H3,(H,26,27). The fourth-order valence-corrected chi connectivity index (χ4v) is 4.31. The summed E-state index contributed by atoms with van der Waals surface area (Å²) in [4.78, 5) is 40.4. The quantitative estimate of drug-likeness (QED) is 0.692. The lowest BCUT2D eigenvalue weighted by molar-refractivity contribution is -0.129. The fraction of sp³-hybridized carbons (Fsp3) is 0.650. The molecule has 0 aromatic carbocycles. The molecule has 1 aromatic rings. The number of nitrogens with zero attached hydrogens (tertiary/aromatic N) is 3. The maximum Gasteiger partial charge on any atom is 0.341 e. The minimum absolute atomic E-state index is 0.0391. The molecule has 28 heavy (non-hydrogen) atoms. The van der Waals surface area contributed by atoms with Gasteiger partial charge in [-0.25, -0.2) is 4.79 Å². The van der Waals surface area contributed by atoms with Gasteiger partial charge in [0.05, 0.1) is 0 Å². The van der Waals surface area contributed by atoms with Crippen molar-refractivity contribution < 1.29 is 19.4 Å². The summed E-state index contributed by atoms with van der Waals surface area (Å²) in [6.07, 6.45) is 4.14. The number of fused-ring (bicyclic) bond motifs is 1. The first-order chi connectivity index (χ1) is 13.4. The Morgan fingerprint density at radius 1 is 1.32 bits per heavy atom. The average Bonchev–Trinajstić information content (AvgIpc) is 3.09. The van der Waals surface area contributed by atoms with Crippen molar-refractivity contribution in [3.8, 4) is 0 Å². The number of carbonyl (C=O) groups is 2. The zero-order valence-electron chi connectivity index (χ0n) is 16.6. The lowest BCUT2D eigenvalue weighted by Crippen LogP contribution is -2.39. The van der Waals surface area contributed by atoms with Crippen LogP contribution in [0.25, 0.3) is 0 Å². The van der Waals surface area contributed by atoms with E-state index in [-0.39, 0.29) is 11.5 Å². The van der Waals surface area contributed by atoms with E-state index in [9.17, 15) is 19.5 Å². The van der Waals surface area contributed by atoms with E-state index in [2.05, 4.69) is 4.90 Å². The molecule has 0 radical (unpaired) electrons. The van der Waals surface area contributed by atoms with Crippen LogP contribution in [0, 0.1) is 5.92 Å². The van der Waals surface area contributed by atoms with Crippen LogP contribution in [0.1, 0.15) is 41.3 Å². The number of carbonyl (C=O) groups excluding carboxylic acids is 1. The molecule has 0 bridgehead atoms. The van der Waals surface area contributed by atoms with Crippen LogP contribution < -0.4 is 5.56 Å². The molecule has 2 aliphatic rings. The van der Waals surface area contributed by atoms with Gasteiger partial charge in [-0.3, -0.25) is 9.59 Å². The predicted octanol–water partition coefficient (Wildman–Crippen LogP) is 0.810. The molecule has 1 unspecified atom stereocenters. The number of carboxylic acids is 1. The summed E-state index contributed by atoms with van der Waals surface area (Å²) in [5, 5.41) is 9.63. The zero-order chi connectivity index (χ0) is 20.3.